The van der Waals surface area contributed by atoms with Gasteiger partial charge in [-0.3, -0.25) is 9.78 Å². The second kappa shape index (κ2) is 8.71. The molecule has 26 heavy (non-hydrogen) atoms. The van der Waals surface area contributed by atoms with E-state index in [0.29, 0.717) is 11.1 Å². The number of ether oxygens (including phenoxy) is 2. The molecule has 6 heteroatoms. The number of H-pyrrole nitrogens is 1. The number of carbonyl (C=O) groups is 1. The Morgan fingerprint density at radius 1 is 1.38 bits per heavy atom. The molecule has 2 rings (SSSR count). The maximum Gasteiger partial charge on any atom is 0.317 e. The Labute approximate surface area is 152 Å². The molecule has 0 aliphatic rings. The van der Waals surface area contributed by atoms with Crippen LogP contribution in [0.5, 0.6) is 0 Å². The van der Waals surface area contributed by atoms with Crippen molar-refractivity contribution in [2.45, 2.75) is 5.92 Å². The van der Waals surface area contributed by atoms with Crippen molar-refractivity contribution in [3.8, 4) is 0 Å². The molecular formula is C20H23N3O3. The molecule has 0 aliphatic heterocycles. The van der Waals surface area contributed by atoms with Gasteiger partial charge in [0.2, 0.25) is 0 Å². The molecule has 0 saturated carbocycles. The lowest BCUT2D eigenvalue weighted by molar-refractivity contribution is -0.145. The molecule has 2 atom stereocenters. The third-order valence-electron chi connectivity index (χ3n) is 4.19. The third kappa shape index (κ3) is 3.85. The van der Waals surface area contributed by atoms with Crippen molar-refractivity contribution < 1.29 is 14.3 Å². The quantitative estimate of drug-likeness (QED) is 0.576. The van der Waals surface area contributed by atoms with Crippen LogP contribution >= 0.6 is 0 Å². The Bertz CT molecular complexity index is 884. The number of pyridine rings is 1. The molecule has 2 aromatic heterocycles. The zero-order valence-electron chi connectivity index (χ0n) is 14.9. The fourth-order valence-electron chi connectivity index (χ4n) is 2.92. The number of carbonyl (C=O) groups excluding carboxylic acids is 1. The summed E-state index contributed by atoms with van der Waals surface area (Å²) in [5.74, 6) is -1.32. The summed E-state index contributed by atoms with van der Waals surface area (Å²) in [4.78, 5) is 19.9. The Kier molecular flexibility index (Phi) is 6.38. The summed E-state index contributed by atoms with van der Waals surface area (Å²) in [6.07, 6.45) is 10.2. The van der Waals surface area contributed by atoms with E-state index in [1.807, 2.05) is 24.4 Å². The molecule has 6 nitrogen and oxygen atoms in total. The number of allylic oxidation sites excluding steroid dienone is 1. The van der Waals surface area contributed by atoms with E-state index >= 15 is 0 Å². The van der Waals surface area contributed by atoms with E-state index in [-0.39, 0.29) is 0 Å². The van der Waals surface area contributed by atoms with E-state index in [2.05, 4.69) is 23.1 Å². The van der Waals surface area contributed by atoms with Gasteiger partial charge in [0.15, 0.2) is 0 Å². The molecule has 0 radical (unpaired) electrons. The number of aromatic amines is 1. The van der Waals surface area contributed by atoms with Crippen molar-refractivity contribution in [3.63, 3.8) is 0 Å². The maximum absolute atomic E-state index is 12.6. The number of methoxy groups -OCH3 is 2. The van der Waals surface area contributed by atoms with Crippen molar-refractivity contribution in [2.75, 3.05) is 14.2 Å². The first kappa shape index (κ1) is 19.1. The summed E-state index contributed by atoms with van der Waals surface area (Å²) in [6.45, 7) is 7.91. The Morgan fingerprint density at radius 3 is 2.73 bits per heavy atom. The lowest BCUT2D eigenvalue weighted by Crippen LogP contribution is -2.32. The molecule has 0 aliphatic carbocycles. The number of nitrogens with two attached hydrogens (primary N) is 1. The normalized spacial score (nSPS) is 14.2. The van der Waals surface area contributed by atoms with Crippen LogP contribution in [0.3, 0.4) is 0 Å². The largest absolute Gasteiger partial charge is 0.501 e. The molecule has 2 heterocycles. The van der Waals surface area contributed by atoms with Crippen LogP contribution in [0.4, 0.5) is 0 Å². The lowest BCUT2D eigenvalue weighted by Gasteiger charge is -2.26. The van der Waals surface area contributed by atoms with Gasteiger partial charge >= 0.3 is 5.97 Å². The highest BCUT2D eigenvalue weighted by Gasteiger charge is 2.36. The van der Waals surface area contributed by atoms with Gasteiger partial charge in [0.1, 0.15) is 11.7 Å². The topological polar surface area (TPSA) is 90.2 Å². The zero-order chi connectivity index (χ0) is 19.1. The first-order valence-corrected chi connectivity index (χ1v) is 8.00. The van der Waals surface area contributed by atoms with Gasteiger partial charge < -0.3 is 20.2 Å². The Morgan fingerprint density at radius 2 is 2.15 bits per heavy atom. The van der Waals surface area contributed by atoms with Crippen molar-refractivity contribution in [1.82, 2.24) is 9.97 Å². The van der Waals surface area contributed by atoms with Crippen LogP contribution in [0.2, 0.25) is 0 Å². The number of nitrogens with zero attached hydrogens (tertiary/aromatic N) is 1. The van der Waals surface area contributed by atoms with E-state index in [4.69, 9.17) is 15.2 Å². The molecule has 0 fully saturated rings. The molecule has 0 amide bonds. The zero-order valence-corrected chi connectivity index (χ0v) is 14.9. The number of esters is 1. The summed E-state index contributed by atoms with van der Waals surface area (Å²) in [5, 5.41) is 1.54. The third-order valence-corrected chi connectivity index (χ3v) is 4.19. The van der Waals surface area contributed by atoms with Crippen LogP contribution < -0.4 is 16.3 Å². The minimum Gasteiger partial charge on any atom is -0.501 e. The summed E-state index contributed by atoms with van der Waals surface area (Å²) in [5.41, 5.74) is 7.14. The lowest BCUT2D eigenvalue weighted by atomic mass is 9.80. The smallest absolute Gasteiger partial charge is 0.317 e. The van der Waals surface area contributed by atoms with Gasteiger partial charge in [0.05, 0.1) is 14.2 Å². The predicted octanol–water partition coefficient (Wildman–Crippen LogP) is 1.15. The Balaban J connectivity index is 2.77. The van der Waals surface area contributed by atoms with E-state index in [0.717, 1.165) is 16.3 Å². The fraction of sp³-hybridized carbons (Fsp3) is 0.200. The monoisotopic (exact) mass is 353 g/mol. The van der Waals surface area contributed by atoms with Crippen molar-refractivity contribution in [2.24, 2.45) is 11.7 Å². The van der Waals surface area contributed by atoms with Gasteiger partial charge in [-0.25, -0.2) is 0 Å². The van der Waals surface area contributed by atoms with Gasteiger partial charge in [-0.2, -0.15) is 0 Å². The molecule has 136 valence electrons. The number of nitrogens with one attached hydrogen (secondary N) is 1. The second-order valence-corrected chi connectivity index (χ2v) is 5.62. The minimum absolute atomic E-state index is 0.304. The van der Waals surface area contributed by atoms with Gasteiger partial charge in [-0.05, 0) is 29.5 Å². The number of rotatable bonds is 7. The minimum atomic E-state index is -0.751. The van der Waals surface area contributed by atoms with Crippen molar-refractivity contribution in [3.05, 3.63) is 77.0 Å². The van der Waals surface area contributed by atoms with Gasteiger partial charge in [0.25, 0.3) is 0 Å². The average Bonchev–Trinajstić information content (AvgIpc) is 3.03. The predicted molar refractivity (Wildman–Crippen MR) is 101 cm³/mol. The highest BCUT2D eigenvalue weighted by Crippen LogP contribution is 2.34. The number of aromatic nitrogens is 2. The molecule has 0 aromatic carbocycles. The van der Waals surface area contributed by atoms with Crippen LogP contribution in [0.1, 0.15) is 17.0 Å². The number of hydrogen-bond acceptors (Lipinski definition) is 5. The van der Waals surface area contributed by atoms with E-state index < -0.39 is 17.8 Å². The standard InChI is InChI=1S/C20H23N3O3/c1-13-16(8-5-9-21)17(12-23-13)19(15-7-6-10-22-11-15)18(14(2)25-3)20(24)26-4/h5-12,18-19,23H,1-2,21H2,3-4H3/b9-5-,16-8+. The van der Waals surface area contributed by atoms with Crippen LogP contribution in [0.15, 0.2) is 55.3 Å². The second-order valence-electron chi connectivity index (χ2n) is 5.62. The molecule has 2 unspecified atom stereocenters. The average molecular weight is 353 g/mol. The highest BCUT2D eigenvalue weighted by atomic mass is 16.5. The molecule has 2 aromatic rings. The SMILES string of the molecule is C=C(OC)C(C(=O)OC)C(c1cccnc1)c1c[nH]c(=C)/c1=C\C=C/N. The van der Waals surface area contributed by atoms with E-state index in [9.17, 15) is 4.79 Å². The molecule has 3 N–H and O–H groups in total. The molecule has 0 saturated heterocycles. The first-order chi connectivity index (χ1) is 12.5. The van der Waals surface area contributed by atoms with E-state index in [1.165, 1.54) is 20.4 Å². The highest BCUT2D eigenvalue weighted by molar-refractivity contribution is 5.77. The van der Waals surface area contributed by atoms with Gasteiger partial charge in [-0.15, -0.1) is 0 Å². The van der Waals surface area contributed by atoms with Gasteiger partial charge in [-0.1, -0.05) is 25.3 Å². The summed E-state index contributed by atoms with van der Waals surface area (Å²) >= 11 is 0. The Hall–Kier alpha value is -3.28. The van der Waals surface area contributed by atoms with Crippen molar-refractivity contribution in [1.29, 1.82) is 0 Å². The summed E-state index contributed by atoms with van der Waals surface area (Å²) in [6, 6.07) is 3.71. The molecule has 0 bridgehead atoms. The summed E-state index contributed by atoms with van der Waals surface area (Å²) < 4.78 is 10.3. The first-order valence-electron chi connectivity index (χ1n) is 8.00. The molecular weight excluding hydrogens is 330 g/mol. The van der Waals surface area contributed by atoms with E-state index in [1.54, 1.807) is 18.5 Å². The number of hydrogen-bond donors (Lipinski definition) is 2. The van der Waals surface area contributed by atoms with Crippen LogP contribution in [0, 0.1) is 5.92 Å². The van der Waals surface area contributed by atoms with Gasteiger partial charge in [0, 0.05) is 35.1 Å². The van der Waals surface area contributed by atoms with Crippen LogP contribution in [-0.2, 0) is 14.3 Å². The van der Waals surface area contributed by atoms with Crippen LogP contribution in [-0.4, -0.2) is 30.2 Å². The fourth-order valence-corrected chi connectivity index (χ4v) is 2.92. The van der Waals surface area contributed by atoms with Crippen LogP contribution in [0.25, 0.3) is 12.7 Å². The van der Waals surface area contributed by atoms with Crippen molar-refractivity contribution >= 4 is 18.6 Å². The maximum atomic E-state index is 12.6. The molecule has 0 spiro atoms. The summed E-state index contributed by atoms with van der Waals surface area (Å²) in [7, 11) is 2.82.